The number of aliphatic hydroxyl groups is 1. The Bertz CT molecular complexity index is 853. The molecule has 1 fully saturated rings. The van der Waals surface area contributed by atoms with Gasteiger partial charge in [0.1, 0.15) is 6.10 Å². The van der Waals surface area contributed by atoms with Crippen molar-refractivity contribution >= 4 is 17.8 Å². The molecule has 0 bridgehead atoms. The van der Waals surface area contributed by atoms with Gasteiger partial charge in [-0.25, -0.2) is 9.89 Å². The number of carbonyl (C=O) groups is 1. The van der Waals surface area contributed by atoms with E-state index in [-0.39, 0.29) is 17.6 Å². The maximum absolute atomic E-state index is 14.5. The Kier molecular flexibility index (Phi) is 7.97. The van der Waals surface area contributed by atoms with Gasteiger partial charge in [-0.3, -0.25) is 0 Å². The van der Waals surface area contributed by atoms with Crippen LogP contribution in [0.5, 0.6) is 0 Å². The minimum Gasteiger partial charge on any atom is -0.382 e. The summed E-state index contributed by atoms with van der Waals surface area (Å²) in [6.45, 7) is 0.917. The van der Waals surface area contributed by atoms with Crippen LogP contribution in [0.2, 0.25) is 0 Å². The van der Waals surface area contributed by atoms with E-state index in [1.54, 1.807) is 34.7 Å². The summed E-state index contributed by atoms with van der Waals surface area (Å²) in [4.78, 5) is 15.6. The number of benzene rings is 1. The van der Waals surface area contributed by atoms with Crippen molar-refractivity contribution in [3.05, 3.63) is 53.9 Å². The van der Waals surface area contributed by atoms with Crippen LogP contribution in [0.15, 0.2) is 42.5 Å². The highest BCUT2D eigenvalue weighted by Gasteiger charge is 2.39. The molecule has 3 rings (SSSR count). The summed E-state index contributed by atoms with van der Waals surface area (Å²) in [5, 5.41) is 23.6. The first-order valence-corrected chi connectivity index (χ1v) is 11.2. The maximum Gasteiger partial charge on any atom is 0.320 e. The van der Waals surface area contributed by atoms with Crippen LogP contribution in [0.4, 0.5) is 13.6 Å². The number of thioether (sulfide) groups is 1. The summed E-state index contributed by atoms with van der Waals surface area (Å²) in [6.07, 6.45) is 2.31. The van der Waals surface area contributed by atoms with Crippen LogP contribution in [0, 0.1) is 0 Å². The molecule has 0 spiro atoms. The number of aromatic nitrogens is 4. The first-order chi connectivity index (χ1) is 14.9. The number of hydrogen-bond donors (Lipinski definition) is 2. The number of nitrogens with zero attached hydrogens (tertiary/aromatic N) is 5. The van der Waals surface area contributed by atoms with Gasteiger partial charge < -0.3 is 14.9 Å². The van der Waals surface area contributed by atoms with E-state index in [1.807, 2.05) is 0 Å². The zero-order chi connectivity index (χ0) is 22.3. The van der Waals surface area contributed by atoms with Crippen LogP contribution in [0.1, 0.15) is 24.2 Å². The monoisotopic (exact) mass is 452 g/mol. The lowest BCUT2D eigenvalue weighted by atomic mass is 10.0. The number of aromatic amines is 1. The standard InChI is InChI=1S/C20H26F2N6O2S/c1-27-13-16(9-10-17(29)20(21,22)15-7-3-2-4-8-15)28(19(27)30)11-5-6-12-31-14-18-23-25-26-24-18/h2-4,7-10,16-17,29H,5-6,11-14H2,1H3,(H,23,24,25,26)/t16-,17?/m0/s1. The molecule has 2 aromatic rings. The fourth-order valence-corrected chi connectivity index (χ4v) is 4.19. The van der Waals surface area contributed by atoms with Gasteiger partial charge >= 0.3 is 12.0 Å². The summed E-state index contributed by atoms with van der Waals surface area (Å²) < 4.78 is 29.0. The van der Waals surface area contributed by atoms with Crippen LogP contribution in [0.25, 0.3) is 0 Å². The number of nitrogens with one attached hydrogen (secondary N) is 1. The number of hydrogen-bond acceptors (Lipinski definition) is 6. The average Bonchev–Trinajstić information content (AvgIpc) is 3.38. The highest BCUT2D eigenvalue weighted by Crippen LogP contribution is 2.32. The van der Waals surface area contributed by atoms with Gasteiger partial charge in [0.25, 0.3) is 0 Å². The molecule has 2 heterocycles. The molecule has 1 aromatic carbocycles. The van der Waals surface area contributed by atoms with Gasteiger partial charge in [0.15, 0.2) is 5.82 Å². The van der Waals surface area contributed by atoms with Gasteiger partial charge in [-0.1, -0.05) is 42.5 Å². The molecular weight excluding hydrogens is 426 g/mol. The largest absolute Gasteiger partial charge is 0.382 e. The maximum atomic E-state index is 14.5. The number of alkyl halides is 2. The van der Waals surface area contributed by atoms with E-state index in [0.717, 1.165) is 30.5 Å². The number of urea groups is 1. The minimum atomic E-state index is -3.41. The van der Waals surface area contributed by atoms with Crippen molar-refractivity contribution in [3.63, 3.8) is 0 Å². The number of carbonyl (C=O) groups excluding carboxylic acids is 1. The normalized spacial score (nSPS) is 18.3. The summed E-state index contributed by atoms with van der Waals surface area (Å²) in [5.41, 5.74) is -0.248. The number of likely N-dealkylation sites (N-methyl/N-ethyl adjacent to an activating group) is 1. The molecule has 1 aromatic heterocycles. The Hall–Kier alpha value is -2.53. The predicted molar refractivity (Wildman–Crippen MR) is 114 cm³/mol. The molecule has 2 N–H and O–H groups in total. The SMILES string of the molecule is CN1C[C@H](C=CC(O)C(F)(F)c2ccccc2)N(CCCCSCc2nnn[nH]2)C1=O. The van der Waals surface area contributed by atoms with Gasteiger partial charge in [-0.05, 0) is 29.0 Å². The van der Waals surface area contributed by atoms with E-state index in [9.17, 15) is 18.7 Å². The quantitative estimate of drug-likeness (QED) is 0.402. The van der Waals surface area contributed by atoms with Crippen molar-refractivity contribution < 1.29 is 18.7 Å². The second kappa shape index (κ2) is 10.7. The van der Waals surface area contributed by atoms with Crippen molar-refractivity contribution in [2.45, 2.75) is 36.7 Å². The number of amides is 2. The van der Waals surface area contributed by atoms with Gasteiger partial charge in [-0.2, -0.15) is 20.5 Å². The lowest BCUT2D eigenvalue weighted by molar-refractivity contribution is -0.0929. The molecule has 0 radical (unpaired) electrons. The number of halogens is 2. The Balaban J connectivity index is 1.50. The van der Waals surface area contributed by atoms with Crippen LogP contribution < -0.4 is 0 Å². The van der Waals surface area contributed by atoms with Gasteiger partial charge in [0.2, 0.25) is 0 Å². The van der Waals surface area contributed by atoms with Crippen molar-refractivity contribution in [1.29, 1.82) is 0 Å². The summed E-state index contributed by atoms with van der Waals surface area (Å²) in [6, 6.07) is 6.73. The van der Waals surface area contributed by atoms with Crippen LogP contribution in [-0.2, 0) is 11.7 Å². The summed E-state index contributed by atoms with van der Waals surface area (Å²) >= 11 is 1.69. The van der Waals surface area contributed by atoms with Crippen LogP contribution in [0.3, 0.4) is 0 Å². The Labute approximate surface area is 183 Å². The fourth-order valence-electron chi connectivity index (χ4n) is 3.33. The Morgan fingerprint density at radius 3 is 2.84 bits per heavy atom. The molecule has 1 aliphatic rings. The number of tetrazole rings is 1. The molecule has 8 nitrogen and oxygen atoms in total. The molecule has 1 saturated heterocycles. The van der Waals surface area contributed by atoms with E-state index in [1.165, 1.54) is 30.3 Å². The first kappa shape index (κ1) is 23.1. The van der Waals surface area contributed by atoms with Crippen molar-refractivity contribution in [3.8, 4) is 0 Å². The molecule has 168 valence electrons. The van der Waals surface area contributed by atoms with Crippen LogP contribution in [-0.4, -0.2) is 79.6 Å². The summed E-state index contributed by atoms with van der Waals surface area (Å²) in [7, 11) is 1.68. The molecule has 0 aliphatic carbocycles. The molecule has 1 aliphatic heterocycles. The number of rotatable bonds is 11. The van der Waals surface area contributed by atoms with Crippen molar-refractivity contribution in [2.75, 3.05) is 25.9 Å². The smallest absolute Gasteiger partial charge is 0.320 e. The molecular formula is C20H26F2N6O2S. The first-order valence-electron chi connectivity index (χ1n) is 10.0. The van der Waals surface area contributed by atoms with Crippen molar-refractivity contribution in [1.82, 2.24) is 30.4 Å². The van der Waals surface area contributed by atoms with Gasteiger partial charge in [0.05, 0.1) is 11.8 Å². The van der Waals surface area contributed by atoms with E-state index >= 15 is 0 Å². The number of unbranched alkanes of at least 4 members (excludes halogenated alkanes) is 1. The number of H-pyrrole nitrogens is 1. The highest BCUT2D eigenvalue weighted by atomic mass is 32.2. The predicted octanol–water partition coefficient (Wildman–Crippen LogP) is 2.66. The third-order valence-corrected chi connectivity index (χ3v) is 6.10. The van der Waals surface area contributed by atoms with E-state index in [2.05, 4.69) is 20.6 Å². The average molecular weight is 453 g/mol. The third kappa shape index (κ3) is 6.01. The zero-order valence-corrected chi connectivity index (χ0v) is 18.0. The van der Waals surface area contributed by atoms with Crippen LogP contribution >= 0.6 is 11.8 Å². The third-order valence-electron chi connectivity index (χ3n) is 5.04. The second-order valence-electron chi connectivity index (χ2n) is 7.35. The van der Waals surface area contributed by atoms with E-state index in [4.69, 9.17) is 0 Å². The molecule has 2 atom stereocenters. The topological polar surface area (TPSA) is 98.2 Å². The lowest BCUT2D eigenvalue weighted by Crippen LogP contribution is -2.35. The van der Waals surface area contributed by atoms with Gasteiger partial charge in [0, 0.05) is 25.7 Å². The summed E-state index contributed by atoms with van der Waals surface area (Å²) in [5.74, 6) is -1.11. The molecule has 2 amide bonds. The van der Waals surface area contributed by atoms with E-state index in [0.29, 0.717) is 18.8 Å². The molecule has 31 heavy (non-hydrogen) atoms. The van der Waals surface area contributed by atoms with Gasteiger partial charge in [-0.15, -0.1) is 5.10 Å². The molecule has 1 unspecified atom stereocenters. The molecule has 0 saturated carbocycles. The lowest BCUT2D eigenvalue weighted by Gasteiger charge is -2.23. The van der Waals surface area contributed by atoms with Crippen molar-refractivity contribution in [2.24, 2.45) is 0 Å². The van der Waals surface area contributed by atoms with E-state index < -0.39 is 12.0 Å². The number of aliphatic hydroxyl groups excluding tert-OH is 1. The fraction of sp³-hybridized carbons (Fsp3) is 0.500. The Morgan fingerprint density at radius 1 is 1.35 bits per heavy atom. The molecule has 11 heteroatoms. The zero-order valence-electron chi connectivity index (χ0n) is 17.2. The second-order valence-corrected chi connectivity index (χ2v) is 8.46. The Morgan fingerprint density at radius 2 is 2.13 bits per heavy atom. The highest BCUT2D eigenvalue weighted by molar-refractivity contribution is 7.98. The minimum absolute atomic E-state index is 0.139.